The third kappa shape index (κ3) is 1.42. The van der Waals surface area contributed by atoms with Crippen LogP contribution in [0.4, 0.5) is 5.69 Å². The highest BCUT2D eigenvalue weighted by molar-refractivity contribution is 5.37. The number of nitrogens with zero attached hydrogens (tertiary/aromatic N) is 4. The number of nitro benzene ring substituents is 1. The first-order chi connectivity index (χ1) is 6.77. The van der Waals surface area contributed by atoms with Crippen LogP contribution in [-0.4, -0.2) is 20.4 Å². The first-order valence-corrected chi connectivity index (χ1v) is 3.80. The summed E-state index contributed by atoms with van der Waals surface area (Å²) < 4.78 is 1.48. The molecule has 0 aliphatic heterocycles. The molecule has 0 aliphatic carbocycles. The SMILES string of the molecule is O=[N+]([O-])c1cccc(-[n+]2cnn[nH]2)c1. The van der Waals surface area contributed by atoms with E-state index in [1.165, 1.54) is 23.1 Å². The van der Waals surface area contributed by atoms with Gasteiger partial charge in [-0.25, -0.2) is 0 Å². The van der Waals surface area contributed by atoms with Gasteiger partial charge in [0.15, 0.2) is 5.21 Å². The summed E-state index contributed by atoms with van der Waals surface area (Å²) in [4.78, 5) is 10.0. The van der Waals surface area contributed by atoms with Gasteiger partial charge in [-0.1, -0.05) is 11.3 Å². The van der Waals surface area contributed by atoms with E-state index in [9.17, 15) is 10.1 Å². The molecule has 1 N–H and O–H groups in total. The minimum absolute atomic E-state index is 0.0320. The normalized spacial score (nSPS) is 10.0. The first-order valence-electron chi connectivity index (χ1n) is 3.80. The summed E-state index contributed by atoms with van der Waals surface area (Å²) >= 11 is 0. The van der Waals surface area contributed by atoms with Crippen molar-refractivity contribution in [1.82, 2.24) is 15.5 Å². The van der Waals surface area contributed by atoms with Crippen molar-refractivity contribution in [2.75, 3.05) is 0 Å². The Labute approximate surface area is 78.1 Å². The van der Waals surface area contributed by atoms with Crippen LogP contribution in [0.15, 0.2) is 30.6 Å². The van der Waals surface area contributed by atoms with Crippen molar-refractivity contribution in [2.24, 2.45) is 0 Å². The van der Waals surface area contributed by atoms with Gasteiger partial charge in [0, 0.05) is 6.07 Å². The van der Waals surface area contributed by atoms with Gasteiger partial charge >= 0.3 is 0 Å². The molecule has 0 amide bonds. The van der Waals surface area contributed by atoms with Crippen molar-refractivity contribution < 1.29 is 9.61 Å². The van der Waals surface area contributed by atoms with Crippen molar-refractivity contribution in [3.8, 4) is 5.69 Å². The van der Waals surface area contributed by atoms with E-state index in [2.05, 4.69) is 15.5 Å². The zero-order chi connectivity index (χ0) is 9.97. The van der Waals surface area contributed by atoms with Crippen LogP contribution in [0, 0.1) is 10.1 Å². The van der Waals surface area contributed by atoms with Gasteiger partial charge in [0.1, 0.15) is 10.8 Å². The number of nitrogens with one attached hydrogen (secondary N) is 1. The number of tetrazole rings is 1. The largest absolute Gasteiger partial charge is 0.293 e. The summed E-state index contributed by atoms with van der Waals surface area (Å²) in [6, 6.07) is 6.17. The van der Waals surface area contributed by atoms with Crippen molar-refractivity contribution in [1.29, 1.82) is 0 Å². The third-order valence-corrected chi connectivity index (χ3v) is 1.70. The number of benzene rings is 1. The minimum atomic E-state index is -0.451. The van der Waals surface area contributed by atoms with Crippen molar-refractivity contribution >= 4 is 5.69 Å². The molecule has 7 nitrogen and oxygen atoms in total. The Morgan fingerprint density at radius 2 is 2.36 bits per heavy atom. The first kappa shape index (κ1) is 8.30. The number of rotatable bonds is 2. The molecule has 0 saturated heterocycles. The van der Waals surface area contributed by atoms with Crippen LogP contribution < -0.4 is 4.68 Å². The quantitative estimate of drug-likeness (QED) is 0.411. The van der Waals surface area contributed by atoms with E-state index in [4.69, 9.17) is 0 Å². The Hall–Kier alpha value is -2.31. The zero-order valence-electron chi connectivity index (χ0n) is 6.99. The van der Waals surface area contributed by atoms with Gasteiger partial charge in [-0.2, -0.15) is 0 Å². The highest BCUT2D eigenvalue weighted by Gasteiger charge is 2.09. The molecule has 2 aromatic rings. The summed E-state index contributed by atoms with van der Waals surface area (Å²) in [5, 5.41) is 20.1. The molecule has 14 heavy (non-hydrogen) atoms. The minimum Gasteiger partial charge on any atom is -0.258 e. The maximum absolute atomic E-state index is 10.5. The summed E-state index contributed by atoms with van der Waals surface area (Å²) in [7, 11) is 0. The van der Waals surface area contributed by atoms with Crippen LogP contribution >= 0.6 is 0 Å². The molecular weight excluding hydrogens is 186 g/mol. The molecule has 0 bridgehead atoms. The van der Waals surface area contributed by atoms with E-state index in [-0.39, 0.29) is 5.69 Å². The number of non-ortho nitro benzene ring substituents is 1. The molecule has 1 aromatic heterocycles. The van der Waals surface area contributed by atoms with Crippen LogP contribution in [0.2, 0.25) is 0 Å². The zero-order valence-corrected chi connectivity index (χ0v) is 6.99. The average Bonchev–Trinajstić information content (AvgIpc) is 2.71. The third-order valence-electron chi connectivity index (χ3n) is 1.70. The predicted molar refractivity (Wildman–Crippen MR) is 44.6 cm³/mol. The van der Waals surface area contributed by atoms with E-state index in [1.807, 2.05) is 0 Å². The number of aromatic amines is 1. The molecule has 1 heterocycles. The monoisotopic (exact) mass is 192 g/mol. The fourth-order valence-corrected chi connectivity index (χ4v) is 1.06. The molecule has 0 fully saturated rings. The Balaban J connectivity index is 2.46. The summed E-state index contributed by atoms with van der Waals surface area (Å²) in [5.74, 6) is 0. The van der Waals surface area contributed by atoms with Crippen LogP contribution in [-0.2, 0) is 0 Å². The fourth-order valence-electron chi connectivity index (χ4n) is 1.06. The van der Waals surface area contributed by atoms with Gasteiger partial charge in [-0.05, 0) is 6.07 Å². The standard InChI is InChI=1S/C7H5N5O2/c13-12(14)7-3-1-2-6(4-7)11-5-8-9-10-11/h1-5H/p+1. The number of nitro groups is 1. The maximum atomic E-state index is 10.5. The number of aromatic nitrogens is 4. The van der Waals surface area contributed by atoms with Gasteiger partial charge in [0.25, 0.3) is 12.0 Å². The van der Waals surface area contributed by atoms with E-state index >= 15 is 0 Å². The smallest absolute Gasteiger partial charge is 0.258 e. The lowest BCUT2D eigenvalue weighted by atomic mass is 10.3. The molecular formula is C7H6N5O2+. The number of H-pyrrole nitrogens is 1. The number of hydrogen-bond acceptors (Lipinski definition) is 4. The van der Waals surface area contributed by atoms with Gasteiger partial charge in [0.05, 0.1) is 11.0 Å². The molecule has 0 atom stereocenters. The van der Waals surface area contributed by atoms with E-state index in [1.54, 1.807) is 12.1 Å². The Morgan fingerprint density at radius 1 is 1.50 bits per heavy atom. The van der Waals surface area contributed by atoms with Gasteiger partial charge in [-0.15, -0.1) is 4.68 Å². The van der Waals surface area contributed by atoms with Crippen molar-refractivity contribution in [3.63, 3.8) is 0 Å². The Kier molecular flexibility index (Phi) is 1.90. The van der Waals surface area contributed by atoms with Crippen LogP contribution in [0.3, 0.4) is 0 Å². The van der Waals surface area contributed by atoms with Crippen LogP contribution in [0.1, 0.15) is 0 Å². The lowest BCUT2D eigenvalue weighted by Gasteiger charge is -1.94. The van der Waals surface area contributed by atoms with E-state index in [0.29, 0.717) is 5.69 Å². The van der Waals surface area contributed by atoms with Crippen molar-refractivity contribution in [2.45, 2.75) is 0 Å². The molecule has 7 heteroatoms. The second-order valence-corrected chi connectivity index (χ2v) is 2.58. The Bertz CT molecular complexity index is 453. The van der Waals surface area contributed by atoms with E-state index in [0.717, 1.165) is 0 Å². The van der Waals surface area contributed by atoms with Crippen molar-refractivity contribution in [3.05, 3.63) is 40.7 Å². The molecule has 0 aliphatic rings. The second kappa shape index (κ2) is 3.21. The summed E-state index contributed by atoms with van der Waals surface area (Å²) in [6.45, 7) is 0. The molecule has 2 rings (SSSR count). The molecule has 0 radical (unpaired) electrons. The molecule has 70 valence electrons. The van der Waals surface area contributed by atoms with Crippen LogP contribution in [0.25, 0.3) is 5.69 Å². The average molecular weight is 192 g/mol. The number of hydrogen-bond donors (Lipinski definition) is 1. The molecule has 0 unspecified atom stereocenters. The van der Waals surface area contributed by atoms with Gasteiger partial charge in [0.2, 0.25) is 0 Å². The lowest BCUT2D eigenvalue weighted by molar-refractivity contribution is -0.660. The highest BCUT2D eigenvalue weighted by Crippen LogP contribution is 2.11. The second-order valence-electron chi connectivity index (χ2n) is 2.58. The van der Waals surface area contributed by atoms with Gasteiger partial charge < -0.3 is 0 Å². The Morgan fingerprint density at radius 3 is 3.00 bits per heavy atom. The van der Waals surface area contributed by atoms with Crippen LogP contribution in [0.5, 0.6) is 0 Å². The molecule has 0 spiro atoms. The van der Waals surface area contributed by atoms with Gasteiger partial charge in [-0.3, -0.25) is 10.1 Å². The highest BCUT2D eigenvalue weighted by atomic mass is 16.6. The topological polar surface area (TPSA) is 88.6 Å². The summed E-state index contributed by atoms with van der Waals surface area (Å²) in [6.07, 6.45) is 1.43. The predicted octanol–water partition coefficient (Wildman–Crippen LogP) is -0.0104. The summed E-state index contributed by atoms with van der Waals surface area (Å²) in [5.41, 5.74) is 0.647. The fraction of sp³-hybridized carbons (Fsp3) is 0. The molecule has 0 saturated carbocycles. The van der Waals surface area contributed by atoms with E-state index < -0.39 is 4.92 Å². The lowest BCUT2D eigenvalue weighted by Crippen LogP contribution is -2.31. The molecule has 1 aromatic carbocycles. The maximum Gasteiger partial charge on any atom is 0.293 e.